The summed E-state index contributed by atoms with van der Waals surface area (Å²) in [5.41, 5.74) is 2.33. The lowest BCUT2D eigenvalue weighted by Crippen LogP contribution is -2.50. The van der Waals surface area contributed by atoms with Gasteiger partial charge in [0.05, 0.1) is 25.3 Å². The monoisotopic (exact) mass is 487 g/mol. The van der Waals surface area contributed by atoms with Gasteiger partial charge in [-0.1, -0.05) is 22.5 Å². The molecule has 3 heterocycles. The molecule has 7 nitrogen and oxygen atoms in total. The molecule has 1 aromatic carbocycles. The van der Waals surface area contributed by atoms with Gasteiger partial charge in [0.1, 0.15) is 0 Å². The lowest BCUT2D eigenvalue weighted by molar-refractivity contribution is -0.134. The average Bonchev–Trinajstić information content (AvgIpc) is 3.00. The molecule has 0 unspecified atom stereocenters. The van der Waals surface area contributed by atoms with Crippen LogP contribution < -0.4 is 0 Å². The number of likely N-dealkylation sites (tertiary alicyclic amines) is 1. The summed E-state index contributed by atoms with van der Waals surface area (Å²) in [7, 11) is 0. The number of ether oxygens (including phenoxy) is 1. The van der Waals surface area contributed by atoms with Crippen molar-refractivity contribution in [2.24, 2.45) is 5.92 Å². The number of Topliss-reactive ketones (excluding diaryl/α,β-unsaturated/α-hetero) is 1. The number of hydrogen-bond acceptors (Lipinski definition) is 4. The molecule has 0 radical (unpaired) electrons. The van der Waals surface area contributed by atoms with E-state index in [4.69, 9.17) is 4.74 Å². The van der Waals surface area contributed by atoms with Crippen molar-refractivity contribution >= 4 is 44.4 Å². The third kappa shape index (κ3) is 4.32. The van der Waals surface area contributed by atoms with E-state index >= 15 is 0 Å². The number of ketones is 1. The highest BCUT2D eigenvalue weighted by molar-refractivity contribution is 9.10. The first-order valence-electron chi connectivity index (χ1n) is 10.5. The van der Waals surface area contributed by atoms with E-state index in [0.29, 0.717) is 51.4 Å². The van der Waals surface area contributed by atoms with Crippen molar-refractivity contribution in [3.63, 3.8) is 0 Å². The van der Waals surface area contributed by atoms with Crippen LogP contribution in [0, 0.1) is 12.8 Å². The Bertz CT molecular complexity index is 1050. The van der Waals surface area contributed by atoms with Gasteiger partial charge in [0.2, 0.25) is 5.91 Å². The van der Waals surface area contributed by atoms with Crippen molar-refractivity contribution in [1.29, 1.82) is 0 Å². The molecule has 4 rings (SSSR count). The van der Waals surface area contributed by atoms with E-state index in [1.54, 1.807) is 4.90 Å². The van der Waals surface area contributed by atoms with Gasteiger partial charge in [-0.05, 0) is 31.2 Å². The zero-order chi connectivity index (χ0) is 22.1. The minimum atomic E-state index is -0.0900. The standard InChI is InChI=1S/C23H26BrN3O4/c1-3-21(29)26-12-16(13-26)10-18(28)14-27-15(2)22(19-11-17(24)4-5-20(19)27)23(30)25-6-8-31-9-7-25/h3-5,11,16H,1,6-10,12-14H2,2H3. The molecule has 164 valence electrons. The second-order valence-corrected chi connectivity index (χ2v) is 9.08. The predicted octanol–water partition coefficient (Wildman–Crippen LogP) is 2.79. The number of nitrogens with zero attached hydrogens (tertiary/aromatic N) is 3. The fourth-order valence-corrected chi connectivity index (χ4v) is 4.78. The molecule has 31 heavy (non-hydrogen) atoms. The molecule has 2 saturated heterocycles. The Morgan fingerprint density at radius 1 is 1.19 bits per heavy atom. The average molecular weight is 488 g/mol. The molecule has 2 aliphatic heterocycles. The van der Waals surface area contributed by atoms with Crippen LogP contribution in [0.25, 0.3) is 10.9 Å². The molecule has 2 amide bonds. The maximum Gasteiger partial charge on any atom is 0.256 e. The Kier molecular flexibility index (Phi) is 6.29. The van der Waals surface area contributed by atoms with Crippen LogP contribution in [-0.2, 0) is 20.9 Å². The van der Waals surface area contributed by atoms with Gasteiger partial charge in [-0.25, -0.2) is 0 Å². The Balaban J connectivity index is 1.56. The number of rotatable bonds is 6. The van der Waals surface area contributed by atoms with E-state index in [0.717, 1.165) is 21.1 Å². The largest absolute Gasteiger partial charge is 0.378 e. The maximum absolute atomic E-state index is 13.3. The van der Waals surface area contributed by atoms with Crippen LogP contribution in [0.3, 0.4) is 0 Å². The van der Waals surface area contributed by atoms with Crippen LogP contribution in [0.2, 0.25) is 0 Å². The molecule has 0 spiro atoms. The van der Waals surface area contributed by atoms with Gasteiger partial charge in [0, 0.05) is 59.6 Å². The number of amides is 2. The molecule has 8 heteroatoms. The highest BCUT2D eigenvalue weighted by Crippen LogP contribution is 2.30. The molecule has 2 aliphatic rings. The molecule has 0 saturated carbocycles. The zero-order valence-corrected chi connectivity index (χ0v) is 19.2. The fraction of sp³-hybridized carbons (Fsp3) is 0.435. The summed E-state index contributed by atoms with van der Waals surface area (Å²) in [6.07, 6.45) is 1.72. The minimum Gasteiger partial charge on any atom is -0.378 e. The van der Waals surface area contributed by atoms with Gasteiger partial charge in [-0.15, -0.1) is 0 Å². The van der Waals surface area contributed by atoms with Gasteiger partial charge >= 0.3 is 0 Å². The fourth-order valence-electron chi connectivity index (χ4n) is 4.42. The number of morpholine rings is 1. The van der Waals surface area contributed by atoms with Crippen LogP contribution in [0.4, 0.5) is 0 Å². The summed E-state index contributed by atoms with van der Waals surface area (Å²) < 4.78 is 8.22. The van der Waals surface area contributed by atoms with E-state index in [1.807, 2.05) is 34.6 Å². The lowest BCUT2D eigenvalue weighted by atomic mass is 9.94. The van der Waals surface area contributed by atoms with Crippen molar-refractivity contribution in [1.82, 2.24) is 14.4 Å². The quantitative estimate of drug-likeness (QED) is 0.587. The highest BCUT2D eigenvalue weighted by atomic mass is 79.9. The molecule has 2 aromatic rings. The van der Waals surface area contributed by atoms with E-state index in [-0.39, 0.29) is 30.1 Å². The minimum absolute atomic E-state index is 0.0207. The van der Waals surface area contributed by atoms with Crippen molar-refractivity contribution in [2.75, 3.05) is 39.4 Å². The first-order chi connectivity index (χ1) is 14.9. The topological polar surface area (TPSA) is 71.9 Å². The van der Waals surface area contributed by atoms with E-state index in [9.17, 15) is 14.4 Å². The predicted molar refractivity (Wildman–Crippen MR) is 121 cm³/mol. The Morgan fingerprint density at radius 3 is 2.58 bits per heavy atom. The number of hydrogen-bond donors (Lipinski definition) is 0. The number of fused-ring (bicyclic) bond motifs is 1. The van der Waals surface area contributed by atoms with Crippen LogP contribution >= 0.6 is 15.9 Å². The van der Waals surface area contributed by atoms with E-state index in [2.05, 4.69) is 22.5 Å². The molecule has 0 N–H and O–H groups in total. The first-order valence-corrected chi connectivity index (χ1v) is 11.3. The summed E-state index contributed by atoms with van der Waals surface area (Å²) in [4.78, 5) is 41.3. The van der Waals surface area contributed by atoms with Gasteiger partial charge < -0.3 is 19.1 Å². The number of carbonyl (C=O) groups is 3. The summed E-state index contributed by atoms with van der Waals surface area (Å²) in [6.45, 7) is 9.02. The number of halogens is 1. The van der Waals surface area contributed by atoms with Crippen LogP contribution in [0.1, 0.15) is 22.5 Å². The van der Waals surface area contributed by atoms with Gasteiger partial charge in [-0.3, -0.25) is 14.4 Å². The molecule has 1 aromatic heterocycles. The maximum atomic E-state index is 13.3. The summed E-state index contributed by atoms with van der Waals surface area (Å²) in [5, 5.41) is 0.850. The Morgan fingerprint density at radius 2 is 1.90 bits per heavy atom. The molecule has 0 atom stereocenters. The number of carbonyl (C=O) groups excluding carboxylic acids is 3. The first kappa shape index (κ1) is 21.8. The van der Waals surface area contributed by atoms with E-state index < -0.39 is 0 Å². The molecule has 0 aliphatic carbocycles. The SMILES string of the molecule is C=CC(=O)N1CC(CC(=O)Cn2c(C)c(C(=O)N3CCOCC3)c3cc(Br)ccc32)C1. The van der Waals surface area contributed by atoms with Gasteiger partial charge in [0.25, 0.3) is 5.91 Å². The van der Waals surface area contributed by atoms with Crippen LogP contribution in [0.5, 0.6) is 0 Å². The van der Waals surface area contributed by atoms with Gasteiger partial charge in [0.15, 0.2) is 5.78 Å². The number of aromatic nitrogens is 1. The molecule has 0 bridgehead atoms. The number of benzene rings is 1. The Hall–Kier alpha value is -2.45. The highest BCUT2D eigenvalue weighted by Gasteiger charge is 2.31. The zero-order valence-electron chi connectivity index (χ0n) is 17.6. The van der Waals surface area contributed by atoms with Crippen LogP contribution in [-0.4, -0.2) is 71.4 Å². The van der Waals surface area contributed by atoms with Crippen molar-refractivity contribution in [3.8, 4) is 0 Å². The van der Waals surface area contributed by atoms with Crippen LogP contribution in [0.15, 0.2) is 35.3 Å². The molecular formula is C23H26BrN3O4. The third-order valence-corrected chi connectivity index (χ3v) is 6.59. The van der Waals surface area contributed by atoms with Crippen molar-refractivity contribution in [2.45, 2.75) is 19.9 Å². The summed E-state index contributed by atoms with van der Waals surface area (Å²) >= 11 is 3.51. The van der Waals surface area contributed by atoms with Crippen molar-refractivity contribution < 1.29 is 19.1 Å². The Labute approximate surface area is 189 Å². The second-order valence-electron chi connectivity index (χ2n) is 8.17. The third-order valence-electron chi connectivity index (χ3n) is 6.09. The van der Waals surface area contributed by atoms with Gasteiger partial charge in [-0.2, -0.15) is 0 Å². The smallest absolute Gasteiger partial charge is 0.256 e. The summed E-state index contributed by atoms with van der Waals surface area (Å²) in [5.74, 6) is 0.173. The normalized spacial score (nSPS) is 17.0. The van der Waals surface area contributed by atoms with Crippen molar-refractivity contribution in [3.05, 3.63) is 46.6 Å². The van der Waals surface area contributed by atoms with E-state index in [1.165, 1.54) is 6.08 Å². The lowest BCUT2D eigenvalue weighted by Gasteiger charge is -2.38. The second kappa shape index (κ2) is 8.96. The molecule has 2 fully saturated rings. The molecular weight excluding hydrogens is 462 g/mol. The summed E-state index contributed by atoms with van der Waals surface area (Å²) in [6, 6.07) is 5.82.